The van der Waals surface area contributed by atoms with Crippen LogP contribution in [-0.2, 0) is 9.78 Å². The SMILES string of the molecule is O=C(OOC(=O)c1ccccc1)c1ccccc1.Sc1ccccc1. The Morgan fingerprint density at radius 2 is 0.880 bits per heavy atom. The Morgan fingerprint density at radius 1 is 0.560 bits per heavy atom. The third kappa shape index (κ3) is 6.53. The highest BCUT2D eigenvalue weighted by atomic mass is 32.1. The van der Waals surface area contributed by atoms with Gasteiger partial charge in [-0.2, -0.15) is 0 Å². The van der Waals surface area contributed by atoms with Gasteiger partial charge in [-0.1, -0.05) is 54.6 Å². The molecule has 25 heavy (non-hydrogen) atoms. The first-order valence-corrected chi connectivity index (χ1v) is 7.89. The zero-order valence-electron chi connectivity index (χ0n) is 13.2. The average molecular weight is 352 g/mol. The summed E-state index contributed by atoms with van der Waals surface area (Å²) in [5.41, 5.74) is 0.636. The quantitative estimate of drug-likeness (QED) is 0.416. The molecule has 0 heterocycles. The average Bonchev–Trinajstić information content (AvgIpc) is 2.68. The van der Waals surface area contributed by atoms with E-state index in [0.29, 0.717) is 11.1 Å². The van der Waals surface area contributed by atoms with Gasteiger partial charge in [0, 0.05) is 4.90 Å². The van der Waals surface area contributed by atoms with Crippen LogP contribution in [0.25, 0.3) is 0 Å². The van der Waals surface area contributed by atoms with Crippen molar-refractivity contribution < 1.29 is 19.4 Å². The van der Waals surface area contributed by atoms with Crippen LogP contribution in [0.4, 0.5) is 0 Å². The topological polar surface area (TPSA) is 52.6 Å². The van der Waals surface area contributed by atoms with Gasteiger partial charge in [-0.3, -0.25) is 0 Å². The second-order valence-electron chi connectivity index (χ2n) is 4.81. The summed E-state index contributed by atoms with van der Waals surface area (Å²) in [5.74, 6) is -1.42. The Hall–Kier alpha value is -3.05. The van der Waals surface area contributed by atoms with Gasteiger partial charge in [-0.05, 0) is 36.4 Å². The van der Waals surface area contributed by atoms with E-state index in [9.17, 15) is 9.59 Å². The first-order chi connectivity index (χ1) is 12.2. The van der Waals surface area contributed by atoms with Gasteiger partial charge in [0.15, 0.2) is 0 Å². The molecule has 0 bridgehead atoms. The molecule has 0 amide bonds. The monoisotopic (exact) mass is 352 g/mol. The third-order valence-corrected chi connectivity index (χ3v) is 3.27. The molecule has 0 aliphatic heterocycles. The Bertz CT molecular complexity index is 738. The molecule has 0 spiro atoms. The van der Waals surface area contributed by atoms with Crippen molar-refractivity contribution in [1.29, 1.82) is 0 Å². The summed E-state index contributed by atoms with van der Waals surface area (Å²) in [4.78, 5) is 32.9. The number of benzene rings is 3. The highest BCUT2D eigenvalue weighted by molar-refractivity contribution is 7.80. The molecule has 0 N–H and O–H groups in total. The zero-order valence-corrected chi connectivity index (χ0v) is 14.1. The van der Waals surface area contributed by atoms with E-state index in [2.05, 4.69) is 22.4 Å². The van der Waals surface area contributed by atoms with Crippen LogP contribution < -0.4 is 0 Å². The summed E-state index contributed by atoms with van der Waals surface area (Å²) >= 11 is 4.08. The summed E-state index contributed by atoms with van der Waals surface area (Å²) in [7, 11) is 0. The van der Waals surface area contributed by atoms with Crippen molar-refractivity contribution in [3.8, 4) is 0 Å². The van der Waals surface area contributed by atoms with Crippen molar-refractivity contribution in [2.45, 2.75) is 4.90 Å². The molecule has 0 atom stereocenters. The molecule has 5 heteroatoms. The van der Waals surface area contributed by atoms with Crippen molar-refractivity contribution in [3.05, 3.63) is 102 Å². The summed E-state index contributed by atoms with van der Waals surface area (Å²) in [6.07, 6.45) is 0. The van der Waals surface area contributed by atoms with Gasteiger partial charge in [-0.25, -0.2) is 19.4 Å². The van der Waals surface area contributed by atoms with E-state index in [1.54, 1.807) is 60.7 Å². The summed E-state index contributed by atoms with van der Waals surface area (Å²) < 4.78 is 0. The Balaban J connectivity index is 0.000000269. The lowest BCUT2D eigenvalue weighted by Crippen LogP contribution is -2.11. The van der Waals surface area contributed by atoms with E-state index in [1.807, 2.05) is 30.3 Å². The molecule has 3 rings (SSSR count). The van der Waals surface area contributed by atoms with Crippen LogP contribution in [0.1, 0.15) is 20.7 Å². The van der Waals surface area contributed by atoms with E-state index in [4.69, 9.17) is 0 Å². The lowest BCUT2D eigenvalue weighted by Gasteiger charge is -2.02. The van der Waals surface area contributed by atoms with Gasteiger partial charge >= 0.3 is 11.9 Å². The molecule has 0 aromatic heterocycles. The minimum atomic E-state index is -0.708. The number of carbonyl (C=O) groups is 2. The maximum absolute atomic E-state index is 11.5. The van der Waals surface area contributed by atoms with Crippen molar-refractivity contribution in [1.82, 2.24) is 0 Å². The highest BCUT2D eigenvalue weighted by Crippen LogP contribution is 2.05. The molecule has 3 aromatic rings. The molecule has 3 aromatic carbocycles. The van der Waals surface area contributed by atoms with Crippen molar-refractivity contribution in [2.75, 3.05) is 0 Å². The van der Waals surface area contributed by atoms with Crippen LogP contribution >= 0.6 is 12.6 Å². The second kappa shape index (κ2) is 9.95. The fraction of sp³-hybridized carbons (Fsp3) is 0. The van der Waals surface area contributed by atoms with Gasteiger partial charge < -0.3 is 0 Å². The predicted octanol–water partition coefficient (Wildman–Crippen LogP) is 4.59. The fourth-order valence-electron chi connectivity index (χ4n) is 1.75. The summed E-state index contributed by atoms with van der Waals surface area (Å²) in [6.45, 7) is 0. The molecule has 0 aliphatic rings. The maximum atomic E-state index is 11.5. The Labute approximate surface area is 151 Å². The number of rotatable bonds is 2. The molecule has 0 fully saturated rings. The largest absolute Gasteiger partial charge is 0.386 e. The van der Waals surface area contributed by atoms with Gasteiger partial charge in [0.1, 0.15) is 0 Å². The van der Waals surface area contributed by atoms with Crippen LogP contribution in [0.15, 0.2) is 95.9 Å². The Morgan fingerprint density at radius 3 is 1.16 bits per heavy atom. The molecule has 0 radical (unpaired) electrons. The van der Waals surface area contributed by atoms with Crippen LogP contribution in [0.2, 0.25) is 0 Å². The summed E-state index contributed by atoms with van der Waals surface area (Å²) in [5, 5.41) is 0. The Kier molecular flexibility index (Phi) is 7.28. The molecule has 0 saturated heterocycles. The molecular weight excluding hydrogens is 336 g/mol. The van der Waals surface area contributed by atoms with Gasteiger partial charge in [0.05, 0.1) is 11.1 Å². The van der Waals surface area contributed by atoms with E-state index >= 15 is 0 Å². The zero-order chi connectivity index (χ0) is 17.9. The van der Waals surface area contributed by atoms with Crippen LogP contribution in [0, 0.1) is 0 Å². The molecule has 0 saturated carbocycles. The molecular formula is C20H16O4S. The molecule has 0 unspecified atom stereocenters. The predicted molar refractivity (Wildman–Crippen MR) is 97.4 cm³/mol. The summed E-state index contributed by atoms with van der Waals surface area (Å²) in [6, 6.07) is 26.4. The first-order valence-electron chi connectivity index (χ1n) is 7.44. The first kappa shape index (κ1) is 18.3. The number of thiol groups is 1. The van der Waals surface area contributed by atoms with Gasteiger partial charge in [-0.15, -0.1) is 12.6 Å². The third-order valence-electron chi connectivity index (χ3n) is 2.97. The number of hydrogen-bond donors (Lipinski definition) is 1. The van der Waals surface area contributed by atoms with Crippen molar-refractivity contribution in [3.63, 3.8) is 0 Å². The van der Waals surface area contributed by atoms with Crippen LogP contribution in [0.3, 0.4) is 0 Å². The van der Waals surface area contributed by atoms with Gasteiger partial charge in [0.25, 0.3) is 0 Å². The van der Waals surface area contributed by atoms with E-state index in [-0.39, 0.29) is 0 Å². The van der Waals surface area contributed by atoms with Crippen LogP contribution in [0.5, 0.6) is 0 Å². The van der Waals surface area contributed by atoms with Crippen molar-refractivity contribution >= 4 is 24.6 Å². The lowest BCUT2D eigenvalue weighted by atomic mass is 10.2. The van der Waals surface area contributed by atoms with Gasteiger partial charge in [0.2, 0.25) is 0 Å². The van der Waals surface area contributed by atoms with E-state index in [1.165, 1.54) is 0 Å². The smallest absolute Gasteiger partial charge is 0.242 e. The number of carbonyl (C=O) groups excluding carboxylic acids is 2. The fourth-order valence-corrected chi connectivity index (χ4v) is 1.92. The lowest BCUT2D eigenvalue weighted by molar-refractivity contribution is -0.187. The van der Waals surface area contributed by atoms with E-state index < -0.39 is 11.9 Å². The minimum absolute atomic E-state index is 0.318. The van der Waals surface area contributed by atoms with E-state index in [0.717, 1.165) is 4.90 Å². The molecule has 126 valence electrons. The van der Waals surface area contributed by atoms with Crippen molar-refractivity contribution in [2.24, 2.45) is 0 Å². The normalized spacial score (nSPS) is 9.32. The maximum Gasteiger partial charge on any atom is 0.386 e. The van der Waals surface area contributed by atoms with Crippen LogP contribution in [-0.4, -0.2) is 11.9 Å². The minimum Gasteiger partial charge on any atom is -0.242 e. The number of hydrogen-bond acceptors (Lipinski definition) is 5. The standard InChI is InChI=1S/C14H10O4.C6H6S/c15-13(11-7-3-1-4-8-11)17-18-14(16)12-9-5-2-6-10-12;7-6-4-2-1-3-5-6/h1-10H;1-5,7H. The molecule has 4 nitrogen and oxygen atoms in total. The second-order valence-corrected chi connectivity index (χ2v) is 5.33. The molecule has 0 aliphatic carbocycles. The highest BCUT2D eigenvalue weighted by Gasteiger charge is 2.12.